The van der Waals surface area contributed by atoms with Crippen LogP contribution in [-0.4, -0.2) is 13.7 Å². The second kappa shape index (κ2) is 7.64. The molecule has 23 heavy (non-hydrogen) atoms. The van der Waals surface area contributed by atoms with E-state index in [1.807, 2.05) is 26.0 Å². The van der Waals surface area contributed by atoms with Crippen molar-refractivity contribution in [2.24, 2.45) is 0 Å². The second-order valence-electron chi connectivity index (χ2n) is 5.53. The molecule has 0 saturated carbocycles. The zero-order chi connectivity index (χ0) is 16.8. The van der Waals surface area contributed by atoms with Crippen molar-refractivity contribution < 1.29 is 13.9 Å². The molecular formula is C19H20FNO2. The van der Waals surface area contributed by atoms with E-state index in [4.69, 9.17) is 9.47 Å². The van der Waals surface area contributed by atoms with Crippen molar-refractivity contribution in [3.63, 3.8) is 0 Å². The fraction of sp³-hybridized carbons (Fsp3) is 0.316. The van der Waals surface area contributed by atoms with Gasteiger partial charge >= 0.3 is 0 Å². The van der Waals surface area contributed by atoms with Crippen LogP contribution in [0.25, 0.3) is 0 Å². The molecule has 2 aromatic carbocycles. The van der Waals surface area contributed by atoms with Crippen molar-refractivity contribution in [3.8, 4) is 17.6 Å². The third-order valence-corrected chi connectivity index (χ3v) is 3.59. The number of nitrogens with zero attached hydrogens (tertiary/aromatic N) is 1. The molecule has 0 saturated heterocycles. The van der Waals surface area contributed by atoms with Gasteiger partial charge in [-0.25, -0.2) is 4.39 Å². The zero-order valence-corrected chi connectivity index (χ0v) is 13.6. The van der Waals surface area contributed by atoms with Gasteiger partial charge in [-0.1, -0.05) is 6.07 Å². The highest BCUT2D eigenvalue weighted by molar-refractivity contribution is 5.39. The first-order chi connectivity index (χ1) is 11.0. The van der Waals surface area contributed by atoms with Gasteiger partial charge in [-0.3, -0.25) is 0 Å². The molecule has 0 radical (unpaired) electrons. The molecule has 0 aliphatic rings. The molecule has 1 unspecified atom stereocenters. The van der Waals surface area contributed by atoms with Crippen LogP contribution < -0.4 is 9.47 Å². The monoisotopic (exact) mass is 313 g/mol. The number of hydrogen-bond donors (Lipinski definition) is 0. The molecule has 0 amide bonds. The van der Waals surface area contributed by atoms with Gasteiger partial charge in [0.25, 0.3) is 0 Å². The van der Waals surface area contributed by atoms with Gasteiger partial charge in [0.1, 0.15) is 17.3 Å². The minimum Gasteiger partial charge on any atom is -0.496 e. The first kappa shape index (κ1) is 16.8. The van der Waals surface area contributed by atoms with E-state index < -0.39 is 5.92 Å². The van der Waals surface area contributed by atoms with Crippen LogP contribution in [0.4, 0.5) is 4.39 Å². The fourth-order valence-electron chi connectivity index (χ4n) is 2.58. The molecule has 0 aromatic heterocycles. The summed E-state index contributed by atoms with van der Waals surface area (Å²) in [6.45, 7) is 4.39. The molecule has 2 aromatic rings. The predicted molar refractivity (Wildman–Crippen MR) is 87.3 cm³/mol. The van der Waals surface area contributed by atoms with E-state index in [0.29, 0.717) is 24.3 Å². The number of benzene rings is 2. The van der Waals surface area contributed by atoms with Crippen LogP contribution in [0.3, 0.4) is 0 Å². The fourth-order valence-corrected chi connectivity index (χ4v) is 2.58. The highest BCUT2D eigenvalue weighted by Crippen LogP contribution is 2.29. The summed E-state index contributed by atoms with van der Waals surface area (Å²) < 4.78 is 24.4. The van der Waals surface area contributed by atoms with E-state index in [9.17, 15) is 9.65 Å². The predicted octanol–water partition coefficient (Wildman–Crippen LogP) is 4.53. The summed E-state index contributed by atoms with van der Waals surface area (Å²) in [6.07, 6.45) is 0.462. The lowest BCUT2D eigenvalue weighted by Gasteiger charge is -2.14. The minimum atomic E-state index is -0.480. The van der Waals surface area contributed by atoms with E-state index in [2.05, 4.69) is 12.1 Å². The topological polar surface area (TPSA) is 42.2 Å². The van der Waals surface area contributed by atoms with Gasteiger partial charge in [-0.05, 0) is 55.3 Å². The quantitative estimate of drug-likeness (QED) is 0.787. The lowest BCUT2D eigenvalue weighted by Crippen LogP contribution is -2.06. The summed E-state index contributed by atoms with van der Waals surface area (Å²) in [5.74, 6) is 0.442. The zero-order valence-electron chi connectivity index (χ0n) is 13.6. The highest BCUT2D eigenvalue weighted by atomic mass is 19.1. The summed E-state index contributed by atoms with van der Waals surface area (Å²) in [6, 6.07) is 12.4. The Labute approximate surface area is 136 Å². The molecular weight excluding hydrogens is 293 g/mol. The molecule has 0 aliphatic carbocycles. The highest BCUT2D eigenvalue weighted by Gasteiger charge is 2.17. The van der Waals surface area contributed by atoms with Crippen molar-refractivity contribution in [2.75, 3.05) is 13.7 Å². The average molecular weight is 313 g/mol. The van der Waals surface area contributed by atoms with Crippen LogP contribution in [0.15, 0.2) is 36.4 Å². The number of methoxy groups -OCH3 is 1. The molecule has 0 aliphatic heterocycles. The van der Waals surface area contributed by atoms with Crippen molar-refractivity contribution in [1.82, 2.24) is 0 Å². The lowest BCUT2D eigenvalue weighted by atomic mass is 9.96. The Kier molecular flexibility index (Phi) is 5.59. The van der Waals surface area contributed by atoms with Crippen molar-refractivity contribution >= 4 is 0 Å². The van der Waals surface area contributed by atoms with E-state index in [0.717, 1.165) is 16.9 Å². The van der Waals surface area contributed by atoms with Gasteiger partial charge < -0.3 is 9.47 Å². The summed E-state index contributed by atoms with van der Waals surface area (Å²) in [5, 5.41) is 9.39. The Bertz CT molecular complexity index is 702. The van der Waals surface area contributed by atoms with E-state index in [1.165, 1.54) is 19.2 Å². The molecule has 0 fully saturated rings. The number of aryl methyl sites for hydroxylation is 2. The Balaban J connectivity index is 2.06. The van der Waals surface area contributed by atoms with Crippen LogP contribution in [0.2, 0.25) is 0 Å². The van der Waals surface area contributed by atoms with Gasteiger partial charge in [0.15, 0.2) is 0 Å². The molecule has 2 rings (SSSR count). The largest absolute Gasteiger partial charge is 0.496 e. The molecule has 0 bridgehead atoms. The van der Waals surface area contributed by atoms with E-state index in [1.54, 1.807) is 6.07 Å². The van der Waals surface area contributed by atoms with Crippen LogP contribution in [0, 0.1) is 31.0 Å². The van der Waals surface area contributed by atoms with Crippen molar-refractivity contribution in [3.05, 3.63) is 58.9 Å². The number of hydrogen-bond acceptors (Lipinski definition) is 3. The smallest absolute Gasteiger partial charge is 0.123 e. The number of ether oxygens (including phenoxy) is 2. The molecule has 0 heterocycles. The number of halogens is 1. The molecule has 3 nitrogen and oxygen atoms in total. The van der Waals surface area contributed by atoms with Gasteiger partial charge in [-0.15, -0.1) is 0 Å². The summed E-state index contributed by atoms with van der Waals surface area (Å²) in [7, 11) is 1.51. The Hall–Kier alpha value is -2.54. The number of rotatable bonds is 6. The molecule has 120 valence electrons. The lowest BCUT2D eigenvalue weighted by molar-refractivity contribution is 0.304. The number of nitriles is 1. The molecule has 4 heteroatoms. The molecule has 0 spiro atoms. The molecule has 1 atom stereocenters. The third-order valence-electron chi connectivity index (χ3n) is 3.59. The minimum absolute atomic E-state index is 0.376. The summed E-state index contributed by atoms with van der Waals surface area (Å²) in [5.41, 5.74) is 2.81. The SMILES string of the molecule is COc1ccc(F)cc1C(C#N)CCOc1cc(C)cc(C)c1. The summed E-state index contributed by atoms with van der Waals surface area (Å²) in [4.78, 5) is 0. The first-order valence-corrected chi connectivity index (χ1v) is 7.47. The summed E-state index contributed by atoms with van der Waals surface area (Å²) >= 11 is 0. The van der Waals surface area contributed by atoms with E-state index in [-0.39, 0.29) is 5.82 Å². The maximum Gasteiger partial charge on any atom is 0.123 e. The maximum absolute atomic E-state index is 13.5. The maximum atomic E-state index is 13.5. The van der Waals surface area contributed by atoms with Crippen molar-refractivity contribution in [1.29, 1.82) is 5.26 Å². The van der Waals surface area contributed by atoms with Crippen LogP contribution in [-0.2, 0) is 0 Å². The van der Waals surface area contributed by atoms with Crippen LogP contribution >= 0.6 is 0 Å². The van der Waals surface area contributed by atoms with Crippen molar-refractivity contribution in [2.45, 2.75) is 26.2 Å². The Morgan fingerprint density at radius 1 is 1.13 bits per heavy atom. The molecule has 0 N–H and O–H groups in total. The average Bonchev–Trinajstić information content (AvgIpc) is 2.50. The van der Waals surface area contributed by atoms with Crippen LogP contribution in [0.5, 0.6) is 11.5 Å². The second-order valence-corrected chi connectivity index (χ2v) is 5.53. The standard InChI is InChI=1S/C19H20FNO2/c1-13-8-14(2)10-17(9-13)23-7-6-15(12-21)18-11-16(20)4-5-19(18)22-3/h4-5,8-11,15H,6-7H2,1-3H3. The van der Waals surface area contributed by atoms with Gasteiger partial charge in [0.2, 0.25) is 0 Å². The van der Waals surface area contributed by atoms with E-state index >= 15 is 0 Å². The van der Waals surface area contributed by atoms with Gasteiger partial charge in [0, 0.05) is 12.0 Å². The Morgan fingerprint density at radius 3 is 2.43 bits per heavy atom. The Morgan fingerprint density at radius 2 is 1.83 bits per heavy atom. The first-order valence-electron chi connectivity index (χ1n) is 7.47. The normalized spacial score (nSPS) is 11.6. The van der Waals surface area contributed by atoms with Gasteiger partial charge in [0.05, 0.1) is 25.7 Å². The third kappa shape index (κ3) is 4.46. The van der Waals surface area contributed by atoms with Crippen LogP contribution in [0.1, 0.15) is 29.0 Å². The van der Waals surface area contributed by atoms with Gasteiger partial charge in [-0.2, -0.15) is 5.26 Å².